The van der Waals surface area contributed by atoms with E-state index in [2.05, 4.69) is 4.90 Å². The summed E-state index contributed by atoms with van der Waals surface area (Å²) in [7, 11) is 3.20. The first-order chi connectivity index (χ1) is 11.7. The standard InChI is InChI=1S/C20H29NO3/c1-23-18-12-6-11-17(19(18)24-2)20(22)21-13-7-10-16(21)14-15-8-4-3-5-9-15/h6,11-12,15-16H,3-5,7-10,13-14H2,1-2H3. The average molecular weight is 331 g/mol. The first kappa shape index (κ1) is 17.1. The summed E-state index contributed by atoms with van der Waals surface area (Å²) in [5.74, 6) is 2.05. The summed E-state index contributed by atoms with van der Waals surface area (Å²) in [5, 5.41) is 0. The smallest absolute Gasteiger partial charge is 0.258 e. The SMILES string of the molecule is COc1cccc(C(=O)N2CCCC2CC2CCCCC2)c1OC. The molecule has 1 saturated carbocycles. The molecule has 3 rings (SSSR count). The molecule has 1 aliphatic carbocycles. The second-order valence-corrected chi connectivity index (χ2v) is 7.08. The molecular formula is C20H29NO3. The molecule has 24 heavy (non-hydrogen) atoms. The number of likely N-dealkylation sites (tertiary alicyclic amines) is 1. The summed E-state index contributed by atoms with van der Waals surface area (Å²) in [4.78, 5) is 15.2. The van der Waals surface area contributed by atoms with Crippen LogP contribution in [0.5, 0.6) is 11.5 Å². The molecular weight excluding hydrogens is 302 g/mol. The monoisotopic (exact) mass is 331 g/mol. The number of hydrogen-bond donors (Lipinski definition) is 0. The lowest BCUT2D eigenvalue weighted by molar-refractivity contribution is 0.0707. The van der Waals surface area contributed by atoms with Gasteiger partial charge in [0.05, 0.1) is 19.8 Å². The summed E-state index contributed by atoms with van der Waals surface area (Å²) in [6, 6.07) is 5.93. The van der Waals surface area contributed by atoms with Gasteiger partial charge in [-0.25, -0.2) is 0 Å². The molecule has 0 aromatic heterocycles. The Balaban J connectivity index is 1.76. The maximum atomic E-state index is 13.1. The minimum Gasteiger partial charge on any atom is -0.493 e. The van der Waals surface area contributed by atoms with Crippen molar-refractivity contribution in [3.05, 3.63) is 23.8 Å². The summed E-state index contributed by atoms with van der Waals surface area (Å²) < 4.78 is 10.8. The molecule has 0 spiro atoms. The van der Waals surface area contributed by atoms with E-state index in [4.69, 9.17) is 9.47 Å². The van der Waals surface area contributed by atoms with E-state index in [-0.39, 0.29) is 5.91 Å². The van der Waals surface area contributed by atoms with E-state index in [0.717, 1.165) is 31.7 Å². The fraction of sp³-hybridized carbons (Fsp3) is 0.650. The van der Waals surface area contributed by atoms with E-state index in [0.29, 0.717) is 23.1 Å². The molecule has 1 saturated heterocycles. The summed E-state index contributed by atoms with van der Waals surface area (Å²) in [6.45, 7) is 0.858. The minimum absolute atomic E-state index is 0.0871. The highest BCUT2D eigenvalue weighted by Crippen LogP contribution is 2.36. The minimum atomic E-state index is 0.0871. The third kappa shape index (κ3) is 3.52. The molecule has 2 fully saturated rings. The predicted molar refractivity (Wildman–Crippen MR) is 94.8 cm³/mol. The van der Waals surface area contributed by atoms with Crippen molar-refractivity contribution in [2.45, 2.75) is 57.4 Å². The molecule has 4 heteroatoms. The lowest BCUT2D eigenvalue weighted by Crippen LogP contribution is -2.37. The second-order valence-electron chi connectivity index (χ2n) is 7.08. The second kappa shape index (κ2) is 7.91. The summed E-state index contributed by atoms with van der Waals surface area (Å²) in [6.07, 6.45) is 10.2. The number of rotatable bonds is 5. The van der Waals surface area contributed by atoms with E-state index < -0.39 is 0 Å². The van der Waals surface area contributed by atoms with Gasteiger partial charge in [0, 0.05) is 12.6 Å². The van der Waals surface area contributed by atoms with Crippen LogP contribution < -0.4 is 9.47 Å². The zero-order valence-electron chi connectivity index (χ0n) is 14.9. The third-order valence-corrected chi connectivity index (χ3v) is 5.60. The van der Waals surface area contributed by atoms with Crippen LogP contribution in [0, 0.1) is 5.92 Å². The van der Waals surface area contributed by atoms with Crippen LogP contribution in [0.1, 0.15) is 61.7 Å². The van der Waals surface area contributed by atoms with Crippen LogP contribution >= 0.6 is 0 Å². The number of amides is 1. The topological polar surface area (TPSA) is 38.8 Å². The number of nitrogens with zero attached hydrogens (tertiary/aromatic N) is 1. The van der Waals surface area contributed by atoms with Crippen LogP contribution in [0.25, 0.3) is 0 Å². The molecule has 132 valence electrons. The van der Waals surface area contributed by atoms with Crippen LogP contribution in [0.15, 0.2) is 18.2 Å². The maximum absolute atomic E-state index is 13.1. The van der Waals surface area contributed by atoms with E-state index in [9.17, 15) is 4.79 Å². The van der Waals surface area contributed by atoms with Gasteiger partial charge >= 0.3 is 0 Å². The van der Waals surface area contributed by atoms with E-state index in [1.165, 1.54) is 32.1 Å². The fourth-order valence-corrected chi connectivity index (χ4v) is 4.37. The van der Waals surface area contributed by atoms with E-state index >= 15 is 0 Å². The third-order valence-electron chi connectivity index (χ3n) is 5.60. The molecule has 1 atom stereocenters. The Morgan fingerprint density at radius 2 is 1.88 bits per heavy atom. The molecule has 0 radical (unpaired) electrons. The highest BCUT2D eigenvalue weighted by atomic mass is 16.5. The molecule has 4 nitrogen and oxygen atoms in total. The largest absolute Gasteiger partial charge is 0.493 e. The van der Waals surface area contributed by atoms with Gasteiger partial charge in [-0.15, -0.1) is 0 Å². The van der Waals surface area contributed by atoms with Crippen molar-refractivity contribution in [2.75, 3.05) is 20.8 Å². The van der Waals surface area contributed by atoms with Crippen LogP contribution in [0.2, 0.25) is 0 Å². The van der Waals surface area contributed by atoms with Gasteiger partial charge in [0.1, 0.15) is 0 Å². The van der Waals surface area contributed by atoms with Crippen molar-refractivity contribution in [2.24, 2.45) is 5.92 Å². The van der Waals surface area contributed by atoms with Gasteiger partial charge in [0.25, 0.3) is 5.91 Å². The van der Waals surface area contributed by atoms with Gasteiger partial charge < -0.3 is 14.4 Å². The average Bonchev–Trinajstić information content (AvgIpc) is 3.09. The molecule has 1 aliphatic heterocycles. The zero-order chi connectivity index (χ0) is 16.9. The van der Waals surface area contributed by atoms with Gasteiger partial charge in [0.2, 0.25) is 0 Å². The number of methoxy groups -OCH3 is 2. The van der Waals surface area contributed by atoms with Gasteiger partial charge in [0.15, 0.2) is 11.5 Å². The molecule has 1 unspecified atom stereocenters. The molecule has 1 aromatic rings. The molecule has 1 aromatic carbocycles. The first-order valence-electron chi connectivity index (χ1n) is 9.26. The Hall–Kier alpha value is -1.71. The van der Waals surface area contributed by atoms with Gasteiger partial charge in [-0.3, -0.25) is 4.79 Å². The van der Waals surface area contributed by atoms with Crippen molar-refractivity contribution in [1.82, 2.24) is 4.90 Å². The number of ether oxygens (including phenoxy) is 2. The number of carbonyl (C=O) groups is 1. The number of para-hydroxylation sites is 1. The quantitative estimate of drug-likeness (QED) is 0.808. The molecule has 1 amide bonds. The van der Waals surface area contributed by atoms with Gasteiger partial charge in [-0.2, -0.15) is 0 Å². The number of carbonyl (C=O) groups excluding carboxylic acids is 1. The Labute approximate surface area is 145 Å². The maximum Gasteiger partial charge on any atom is 0.258 e. The fourth-order valence-electron chi connectivity index (χ4n) is 4.37. The van der Waals surface area contributed by atoms with Crippen LogP contribution in [-0.4, -0.2) is 37.6 Å². The predicted octanol–water partition coefficient (Wildman–Crippen LogP) is 4.28. The highest BCUT2D eigenvalue weighted by molar-refractivity contribution is 5.98. The Kier molecular flexibility index (Phi) is 5.64. The molecule has 0 N–H and O–H groups in total. The lowest BCUT2D eigenvalue weighted by atomic mass is 9.84. The van der Waals surface area contributed by atoms with Crippen LogP contribution in [0.3, 0.4) is 0 Å². The normalized spacial score (nSPS) is 21.8. The number of benzene rings is 1. The molecule has 2 aliphatic rings. The number of hydrogen-bond acceptors (Lipinski definition) is 3. The lowest BCUT2D eigenvalue weighted by Gasteiger charge is -2.30. The zero-order valence-corrected chi connectivity index (χ0v) is 14.9. The van der Waals surface area contributed by atoms with Gasteiger partial charge in [-0.05, 0) is 37.3 Å². The van der Waals surface area contributed by atoms with Crippen LogP contribution in [-0.2, 0) is 0 Å². The van der Waals surface area contributed by atoms with Crippen molar-refractivity contribution >= 4 is 5.91 Å². The molecule has 1 heterocycles. The molecule has 0 bridgehead atoms. The van der Waals surface area contributed by atoms with Crippen LogP contribution in [0.4, 0.5) is 0 Å². The van der Waals surface area contributed by atoms with Crippen molar-refractivity contribution in [3.8, 4) is 11.5 Å². The Morgan fingerprint density at radius 3 is 2.58 bits per heavy atom. The van der Waals surface area contributed by atoms with Gasteiger partial charge in [-0.1, -0.05) is 38.2 Å². The van der Waals surface area contributed by atoms with Crippen molar-refractivity contribution in [1.29, 1.82) is 0 Å². The summed E-state index contributed by atoms with van der Waals surface area (Å²) >= 11 is 0. The highest BCUT2D eigenvalue weighted by Gasteiger charge is 2.33. The Bertz CT molecular complexity index is 566. The Morgan fingerprint density at radius 1 is 1.08 bits per heavy atom. The first-order valence-corrected chi connectivity index (χ1v) is 9.26. The van der Waals surface area contributed by atoms with E-state index in [1.807, 2.05) is 18.2 Å². The van der Waals surface area contributed by atoms with E-state index in [1.54, 1.807) is 14.2 Å². The van der Waals surface area contributed by atoms with Crippen molar-refractivity contribution < 1.29 is 14.3 Å². The summed E-state index contributed by atoms with van der Waals surface area (Å²) in [5.41, 5.74) is 0.618. The van der Waals surface area contributed by atoms with Crippen molar-refractivity contribution in [3.63, 3.8) is 0 Å².